The third-order valence-corrected chi connectivity index (χ3v) is 6.08. The monoisotopic (exact) mass is 447 g/mol. The van der Waals surface area contributed by atoms with E-state index in [-0.39, 0.29) is 11.3 Å². The zero-order valence-corrected chi connectivity index (χ0v) is 18.8. The summed E-state index contributed by atoms with van der Waals surface area (Å²) < 4.78 is 7.65. The molecular weight excluding hydrogens is 422 g/mol. The average molecular weight is 448 g/mol. The molecule has 2 aromatic carbocycles. The van der Waals surface area contributed by atoms with Gasteiger partial charge < -0.3 is 4.74 Å². The summed E-state index contributed by atoms with van der Waals surface area (Å²) in [6.07, 6.45) is 6.63. The zero-order valence-electron chi connectivity index (χ0n) is 18.0. The Morgan fingerprint density at radius 1 is 1.00 bits per heavy atom. The summed E-state index contributed by atoms with van der Waals surface area (Å²) >= 11 is 1.16. The van der Waals surface area contributed by atoms with Gasteiger partial charge in [-0.05, 0) is 24.1 Å². The molecule has 0 radical (unpaired) electrons. The Balaban J connectivity index is 1.65. The highest BCUT2D eigenvalue weighted by Gasteiger charge is 2.12. The van der Waals surface area contributed by atoms with Gasteiger partial charge in [0.1, 0.15) is 11.4 Å². The van der Waals surface area contributed by atoms with Crippen LogP contribution >= 0.6 is 11.3 Å². The topological polar surface area (TPSA) is 73.6 Å². The predicted octanol–water partition coefficient (Wildman–Crippen LogP) is 3.61. The van der Waals surface area contributed by atoms with Crippen molar-refractivity contribution in [3.63, 3.8) is 0 Å². The highest BCUT2D eigenvalue weighted by Crippen LogP contribution is 2.19. The van der Waals surface area contributed by atoms with Gasteiger partial charge in [0.2, 0.25) is 4.96 Å². The molecule has 0 aliphatic rings. The quantitative estimate of drug-likeness (QED) is 0.367. The Morgan fingerprint density at radius 2 is 1.78 bits per heavy atom. The summed E-state index contributed by atoms with van der Waals surface area (Å²) in [7, 11) is 0. The van der Waals surface area contributed by atoms with E-state index in [4.69, 9.17) is 4.74 Å². The van der Waals surface area contributed by atoms with E-state index >= 15 is 0 Å². The fourth-order valence-electron chi connectivity index (χ4n) is 3.42. The molecule has 0 spiro atoms. The van der Waals surface area contributed by atoms with Crippen molar-refractivity contribution in [2.24, 2.45) is 0 Å². The zero-order chi connectivity index (χ0) is 22.3. The van der Waals surface area contributed by atoms with Gasteiger partial charge in [-0.2, -0.15) is 14.6 Å². The summed E-state index contributed by atoms with van der Waals surface area (Å²) in [4.78, 5) is 29.8. The minimum Gasteiger partial charge on any atom is -0.493 e. The van der Waals surface area contributed by atoms with Gasteiger partial charge in [-0.1, -0.05) is 86.1 Å². The van der Waals surface area contributed by atoms with Gasteiger partial charge in [0.15, 0.2) is 0 Å². The first kappa shape index (κ1) is 21.9. The number of aromatic nitrogens is 3. The number of ether oxygens (including phenoxy) is 1. The predicted molar refractivity (Wildman–Crippen MR) is 128 cm³/mol. The molecule has 0 aliphatic heterocycles. The fourth-order valence-corrected chi connectivity index (χ4v) is 4.32. The van der Waals surface area contributed by atoms with Crippen LogP contribution in [0.1, 0.15) is 49.4 Å². The van der Waals surface area contributed by atoms with Crippen LogP contribution in [0.4, 0.5) is 0 Å². The van der Waals surface area contributed by atoms with Crippen molar-refractivity contribution in [3.8, 4) is 5.75 Å². The third kappa shape index (κ3) is 5.11. The van der Waals surface area contributed by atoms with Crippen molar-refractivity contribution in [2.75, 3.05) is 6.61 Å². The Morgan fingerprint density at radius 3 is 2.59 bits per heavy atom. The summed E-state index contributed by atoms with van der Waals surface area (Å²) in [5, 5.41) is 4.32. The molecule has 0 fully saturated rings. The second-order valence-corrected chi connectivity index (χ2v) is 8.59. The van der Waals surface area contributed by atoms with Crippen LogP contribution in [0.15, 0.2) is 64.2 Å². The number of thiazole rings is 1. The number of hydrogen-bond acceptors (Lipinski definition) is 6. The lowest BCUT2D eigenvalue weighted by molar-refractivity contribution is 0.304. The van der Waals surface area contributed by atoms with E-state index < -0.39 is 5.56 Å². The lowest BCUT2D eigenvalue weighted by atomic mass is 10.1. The van der Waals surface area contributed by atoms with Crippen LogP contribution in [0.25, 0.3) is 11.0 Å². The van der Waals surface area contributed by atoms with Crippen LogP contribution in [-0.2, 0) is 6.42 Å². The van der Waals surface area contributed by atoms with E-state index in [1.165, 1.54) is 17.4 Å². The van der Waals surface area contributed by atoms with Gasteiger partial charge in [-0.3, -0.25) is 9.59 Å². The largest absolute Gasteiger partial charge is 0.493 e. The molecule has 0 atom stereocenters. The Kier molecular flexibility index (Phi) is 7.07. The average Bonchev–Trinajstić information content (AvgIpc) is 3.10. The maximum atomic E-state index is 13.0. The molecule has 4 aromatic rings. The molecule has 0 bridgehead atoms. The highest BCUT2D eigenvalue weighted by molar-refractivity contribution is 7.15. The Bertz CT molecular complexity index is 1360. The second-order valence-electron chi connectivity index (χ2n) is 7.58. The van der Waals surface area contributed by atoms with E-state index in [2.05, 4.69) is 17.0 Å². The SMILES string of the molecule is CCCCCCOc1ccccc1C=c1sc2nc(=O)c(Cc3ccccc3)nn2c1=O. The Hall–Kier alpha value is -3.32. The molecule has 0 N–H and O–H groups in total. The first-order valence-corrected chi connectivity index (χ1v) is 11.7. The molecule has 2 aromatic heterocycles. The number of rotatable bonds is 9. The van der Waals surface area contributed by atoms with Gasteiger partial charge in [0.05, 0.1) is 11.1 Å². The van der Waals surface area contributed by atoms with Gasteiger partial charge in [0, 0.05) is 12.0 Å². The van der Waals surface area contributed by atoms with Crippen molar-refractivity contribution < 1.29 is 4.74 Å². The van der Waals surface area contributed by atoms with Gasteiger partial charge >= 0.3 is 0 Å². The molecule has 4 rings (SSSR count). The fraction of sp³-hybridized carbons (Fsp3) is 0.280. The van der Waals surface area contributed by atoms with Gasteiger partial charge in [-0.25, -0.2) is 0 Å². The molecule has 164 valence electrons. The van der Waals surface area contributed by atoms with E-state index in [1.807, 2.05) is 54.6 Å². The number of hydrogen-bond donors (Lipinski definition) is 0. The highest BCUT2D eigenvalue weighted by atomic mass is 32.1. The number of fused-ring (bicyclic) bond motifs is 1. The third-order valence-electron chi connectivity index (χ3n) is 5.13. The molecule has 32 heavy (non-hydrogen) atoms. The number of unbranched alkanes of at least 4 members (excludes halogenated alkanes) is 3. The molecule has 0 amide bonds. The first-order valence-electron chi connectivity index (χ1n) is 10.9. The molecule has 2 heterocycles. The molecule has 0 aliphatic carbocycles. The van der Waals surface area contributed by atoms with Crippen molar-refractivity contribution in [1.29, 1.82) is 0 Å². The molecular formula is C25H25N3O3S. The van der Waals surface area contributed by atoms with Gasteiger partial charge in [-0.15, -0.1) is 0 Å². The Labute approximate surface area is 189 Å². The minimum absolute atomic E-state index is 0.256. The maximum Gasteiger partial charge on any atom is 0.296 e. The van der Waals surface area contributed by atoms with Crippen molar-refractivity contribution in [1.82, 2.24) is 14.6 Å². The van der Waals surface area contributed by atoms with E-state index in [1.54, 1.807) is 6.08 Å². The lowest BCUT2D eigenvalue weighted by Crippen LogP contribution is -2.28. The summed E-state index contributed by atoms with van der Waals surface area (Å²) in [5.41, 5.74) is 1.32. The first-order chi connectivity index (χ1) is 15.7. The van der Waals surface area contributed by atoms with Crippen LogP contribution in [-0.4, -0.2) is 21.2 Å². The smallest absolute Gasteiger partial charge is 0.296 e. The molecule has 7 heteroatoms. The number of para-hydroxylation sites is 1. The van der Waals surface area contributed by atoms with E-state index in [9.17, 15) is 9.59 Å². The second kappa shape index (κ2) is 10.3. The van der Waals surface area contributed by atoms with Crippen molar-refractivity contribution in [3.05, 3.63) is 96.7 Å². The summed E-state index contributed by atoms with van der Waals surface area (Å²) in [6.45, 7) is 2.82. The van der Waals surface area contributed by atoms with Crippen LogP contribution in [0, 0.1) is 0 Å². The van der Waals surface area contributed by atoms with Crippen LogP contribution in [0.5, 0.6) is 5.75 Å². The molecule has 0 unspecified atom stereocenters. The standard InChI is InChI=1S/C25H25N3O3S/c1-2-3-4-10-15-31-21-14-9-8-13-19(21)17-22-24(30)28-25(32-22)26-23(29)20(27-28)16-18-11-6-5-7-12-18/h5-9,11-14,17H,2-4,10,15-16H2,1H3. The minimum atomic E-state index is -0.405. The van der Waals surface area contributed by atoms with Crippen LogP contribution < -0.4 is 20.4 Å². The lowest BCUT2D eigenvalue weighted by Gasteiger charge is -2.08. The summed E-state index contributed by atoms with van der Waals surface area (Å²) in [6, 6.07) is 17.2. The van der Waals surface area contributed by atoms with Crippen LogP contribution in [0.3, 0.4) is 0 Å². The summed E-state index contributed by atoms with van der Waals surface area (Å²) in [5.74, 6) is 0.737. The maximum absolute atomic E-state index is 13.0. The molecule has 0 saturated heterocycles. The van der Waals surface area contributed by atoms with E-state index in [0.717, 1.165) is 41.1 Å². The number of benzene rings is 2. The van der Waals surface area contributed by atoms with Crippen molar-refractivity contribution >= 4 is 22.4 Å². The normalized spacial score (nSPS) is 11.8. The molecule has 6 nitrogen and oxygen atoms in total. The number of nitrogens with zero attached hydrogens (tertiary/aromatic N) is 3. The van der Waals surface area contributed by atoms with Crippen molar-refractivity contribution in [2.45, 2.75) is 39.0 Å². The molecule has 0 saturated carbocycles. The van der Waals surface area contributed by atoms with Crippen LogP contribution in [0.2, 0.25) is 0 Å². The van der Waals surface area contributed by atoms with Gasteiger partial charge in [0.25, 0.3) is 11.1 Å². The van der Waals surface area contributed by atoms with E-state index in [0.29, 0.717) is 22.5 Å².